The number of nitrogens with zero attached hydrogens (tertiary/aromatic N) is 2. The molecule has 3 N–H and O–H groups in total. The van der Waals surface area contributed by atoms with Crippen LogP contribution in [0, 0.1) is 0 Å². The van der Waals surface area contributed by atoms with Crippen LogP contribution in [0.4, 0.5) is 5.69 Å². The Balaban J connectivity index is 1.61. The summed E-state index contributed by atoms with van der Waals surface area (Å²) in [5.74, 6) is -0.758. The molecule has 3 rings (SSSR count). The fourth-order valence-electron chi connectivity index (χ4n) is 2.54. The Morgan fingerprint density at radius 1 is 1.17 bits per heavy atom. The van der Waals surface area contributed by atoms with Crippen molar-refractivity contribution < 1.29 is 28.3 Å². The number of amides is 2. The van der Waals surface area contributed by atoms with Crippen LogP contribution in [0.1, 0.15) is 37.2 Å². The number of furan rings is 1. The summed E-state index contributed by atoms with van der Waals surface area (Å²) in [4.78, 5) is 35.2. The van der Waals surface area contributed by atoms with Crippen molar-refractivity contribution >= 4 is 23.5 Å². The number of anilines is 1. The largest absolute Gasteiger partial charge is 0.486 e. The van der Waals surface area contributed by atoms with E-state index in [1.807, 2.05) is 0 Å². The van der Waals surface area contributed by atoms with Crippen LogP contribution in [0.5, 0.6) is 5.75 Å². The Bertz CT molecular complexity index is 1050. The van der Waals surface area contributed by atoms with E-state index >= 15 is 0 Å². The lowest BCUT2D eigenvalue weighted by atomic mass is 10.2. The molecule has 2 amide bonds. The van der Waals surface area contributed by atoms with E-state index in [0.29, 0.717) is 17.1 Å². The molecule has 3 aromatic rings. The maximum Gasteiger partial charge on any atom is 0.337 e. The Labute approximate surface area is 165 Å². The Morgan fingerprint density at radius 3 is 2.55 bits per heavy atom. The summed E-state index contributed by atoms with van der Waals surface area (Å²) >= 11 is 0. The van der Waals surface area contributed by atoms with Crippen molar-refractivity contribution in [1.29, 1.82) is 0 Å². The maximum absolute atomic E-state index is 12.3. The summed E-state index contributed by atoms with van der Waals surface area (Å²) in [5.41, 5.74) is 5.95. The zero-order valence-corrected chi connectivity index (χ0v) is 15.7. The van der Waals surface area contributed by atoms with E-state index in [9.17, 15) is 14.4 Å². The fraction of sp³-hybridized carbons (Fsp3) is 0.158. The molecule has 0 unspecified atom stereocenters. The molecule has 0 fully saturated rings. The molecule has 0 aliphatic heterocycles. The lowest BCUT2D eigenvalue weighted by Crippen LogP contribution is -2.20. The molecule has 0 aliphatic rings. The van der Waals surface area contributed by atoms with Crippen LogP contribution in [0.25, 0.3) is 0 Å². The van der Waals surface area contributed by atoms with Crippen molar-refractivity contribution in [3.05, 3.63) is 65.4 Å². The first-order valence-corrected chi connectivity index (χ1v) is 8.42. The Kier molecular flexibility index (Phi) is 5.63. The third-order valence-corrected chi connectivity index (χ3v) is 3.96. The number of primary amides is 1. The topological polar surface area (TPSA) is 139 Å². The molecule has 0 atom stereocenters. The molecule has 10 nitrogen and oxygen atoms in total. The van der Waals surface area contributed by atoms with Gasteiger partial charge in [0.05, 0.1) is 24.6 Å². The van der Waals surface area contributed by atoms with Gasteiger partial charge in [-0.3, -0.25) is 14.3 Å². The van der Waals surface area contributed by atoms with E-state index < -0.39 is 17.8 Å². The number of hydrogen-bond donors (Lipinski definition) is 2. The van der Waals surface area contributed by atoms with Gasteiger partial charge in [0.25, 0.3) is 11.8 Å². The van der Waals surface area contributed by atoms with Crippen LogP contribution in [0.3, 0.4) is 0 Å². The molecular weight excluding hydrogens is 380 g/mol. The van der Waals surface area contributed by atoms with Crippen LogP contribution < -0.4 is 15.8 Å². The number of aromatic nitrogens is 2. The summed E-state index contributed by atoms with van der Waals surface area (Å²) in [6.07, 6.45) is 1.32. The number of nitrogens with one attached hydrogen (secondary N) is 1. The second-order valence-electron chi connectivity index (χ2n) is 5.92. The number of ether oxygens (including phenoxy) is 2. The van der Waals surface area contributed by atoms with Crippen molar-refractivity contribution in [2.45, 2.75) is 6.61 Å². The van der Waals surface area contributed by atoms with Crippen LogP contribution in [-0.2, 0) is 18.4 Å². The summed E-state index contributed by atoms with van der Waals surface area (Å²) in [5, 5.41) is 6.43. The highest BCUT2D eigenvalue weighted by molar-refractivity contribution is 6.06. The summed E-state index contributed by atoms with van der Waals surface area (Å²) < 4.78 is 16.9. The van der Waals surface area contributed by atoms with Gasteiger partial charge in [-0.1, -0.05) is 0 Å². The molecule has 150 valence electrons. The van der Waals surface area contributed by atoms with Gasteiger partial charge in [0, 0.05) is 7.05 Å². The van der Waals surface area contributed by atoms with Crippen molar-refractivity contribution in [2.75, 3.05) is 12.4 Å². The van der Waals surface area contributed by atoms with Gasteiger partial charge in [-0.25, -0.2) is 4.79 Å². The number of methoxy groups -OCH3 is 1. The Morgan fingerprint density at radius 2 is 1.90 bits per heavy atom. The maximum atomic E-state index is 12.3. The molecule has 29 heavy (non-hydrogen) atoms. The van der Waals surface area contributed by atoms with E-state index in [-0.39, 0.29) is 23.7 Å². The van der Waals surface area contributed by atoms with Gasteiger partial charge < -0.3 is 24.9 Å². The predicted molar refractivity (Wildman–Crippen MR) is 101 cm³/mol. The molecule has 0 saturated carbocycles. The van der Waals surface area contributed by atoms with E-state index in [1.165, 1.54) is 31.1 Å². The fourth-order valence-corrected chi connectivity index (χ4v) is 2.54. The number of nitrogens with two attached hydrogens (primary N) is 1. The third kappa shape index (κ3) is 4.43. The average Bonchev–Trinajstić information content (AvgIpc) is 3.33. The molecule has 0 bridgehead atoms. The molecule has 0 radical (unpaired) electrons. The second kappa shape index (κ2) is 8.30. The summed E-state index contributed by atoms with van der Waals surface area (Å²) in [7, 11) is 2.84. The quantitative estimate of drug-likeness (QED) is 0.578. The minimum atomic E-state index is -0.716. The lowest BCUT2D eigenvalue weighted by Gasteiger charge is -2.05. The molecule has 1 aromatic carbocycles. The predicted octanol–water partition coefficient (Wildman–Crippen LogP) is 1.73. The average molecular weight is 398 g/mol. The van der Waals surface area contributed by atoms with Gasteiger partial charge in [-0.15, -0.1) is 0 Å². The number of esters is 1. The van der Waals surface area contributed by atoms with Crippen LogP contribution in [-0.4, -0.2) is 34.7 Å². The molecule has 10 heteroatoms. The smallest absolute Gasteiger partial charge is 0.337 e. The standard InChI is InChI=1S/C19H18N4O6/c1-23-16(17(20)24)14(9-21-23)22-18(25)15-8-7-13(29-15)10-28-12-5-3-11(4-6-12)19(26)27-2/h3-9H,10H2,1-2H3,(H2,20,24)(H,22,25). The molecular formula is C19H18N4O6. The number of aryl methyl sites for hydroxylation is 1. The SMILES string of the molecule is COC(=O)c1ccc(OCc2ccc(C(=O)Nc3cnn(C)c3C(N)=O)o2)cc1. The minimum Gasteiger partial charge on any atom is -0.486 e. The zero-order valence-electron chi connectivity index (χ0n) is 15.7. The second-order valence-corrected chi connectivity index (χ2v) is 5.92. The molecule has 2 heterocycles. The minimum absolute atomic E-state index is 0.0314. The first-order chi connectivity index (χ1) is 13.9. The monoisotopic (exact) mass is 398 g/mol. The highest BCUT2D eigenvalue weighted by atomic mass is 16.5. The van der Waals surface area contributed by atoms with Gasteiger partial charge in [0.2, 0.25) is 0 Å². The third-order valence-electron chi connectivity index (χ3n) is 3.96. The van der Waals surface area contributed by atoms with Gasteiger partial charge >= 0.3 is 5.97 Å². The first-order valence-electron chi connectivity index (χ1n) is 8.42. The van der Waals surface area contributed by atoms with Crippen LogP contribution in [0.2, 0.25) is 0 Å². The highest BCUT2D eigenvalue weighted by Crippen LogP contribution is 2.18. The van der Waals surface area contributed by atoms with Crippen molar-refractivity contribution in [2.24, 2.45) is 12.8 Å². The summed E-state index contributed by atoms with van der Waals surface area (Å²) in [6.45, 7) is 0.0737. The number of benzene rings is 1. The normalized spacial score (nSPS) is 10.4. The van der Waals surface area contributed by atoms with E-state index in [0.717, 1.165) is 0 Å². The van der Waals surface area contributed by atoms with E-state index in [1.54, 1.807) is 30.3 Å². The van der Waals surface area contributed by atoms with Crippen LogP contribution >= 0.6 is 0 Å². The van der Waals surface area contributed by atoms with Crippen LogP contribution in [0.15, 0.2) is 47.0 Å². The number of carbonyl (C=O) groups is 3. The molecule has 0 spiro atoms. The molecule has 0 saturated heterocycles. The Hall–Kier alpha value is -4.08. The van der Waals surface area contributed by atoms with Gasteiger partial charge in [-0.05, 0) is 36.4 Å². The zero-order chi connectivity index (χ0) is 21.0. The lowest BCUT2D eigenvalue weighted by molar-refractivity contribution is 0.0600. The van der Waals surface area contributed by atoms with Gasteiger partial charge in [-0.2, -0.15) is 5.10 Å². The van der Waals surface area contributed by atoms with Crippen molar-refractivity contribution in [3.8, 4) is 5.75 Å². The molecule has 2 aromatic heterocycles. The number of carbonyl (C=O) groups excluding carboxylic acids is 3. The molecule has 0 aliphatic carbocycles. The highest BCUT2D eigenvalue weighted by Gasteiger charge is 2.19. The van der Waals surface area contributed by atoms with E-state index in [2.05, 4.69) is 15.2 Å². The van der Waals surface area contributed by atoms with Crippen molar-refractivity contribution in [3.63, 3.8) is 0 Å². The number of hydrogen-bond acceptors (Lipinski definition) is 7. The van der Waals surface area contributed by atoms with Gasteiger partial charge in [0.1, 0.15) is 23.8 Å². The summed E-state index contributed by atoms with van der Waals surface area (Å²) in [6, 6.07) is 9.47. The van der Waals surface area contributed by atoms with Crippen molar-refractivity contribution in [1.82, 2.24) is 9.78 Å². The van der Waals surface area contributed by atoms with E-state index in [4.69, 9.17) is 14.9 Å². The van der Waals surface area contributed by atoms with Gasteiger partial charge in [0.15, 0.2) is 5.76 Å². The first kappa shape index (κ1) is 19.7. The number of rotatable bonds is 7.